The van der Waals surface area contributed by atoms with E-state index in [1.807, 2.05) is 32.0 Å². The van der Waals surface area contributed by atoms with Crippen LogP contribution in [0.25, 0.3) is 4.96 Å². The van der Waals surface area contributed by atoms with E-state index < -0.39 is 5.97 Å². The maximum atomic E-state index is 12.1. The van der Waals surface area contributed by atoms with Crippen LogP contribution < -0.4 is 10.3 Å². The van der Waals surface area contributed by atoms with Gasteiger partial charge in [-0.25, -0.2) is 9.78 Å². The van der Waals surface area contributed by atoms with Gasteiger partial charge in [-0.15, -0.1) is 0 Å². The molecule has 2 heterocycles. The van der Waals surface area contributed by atoms with Crippen molar-refractivity contribution in [3.63, 3.8) is 0 Å². The number of benzene rings is 1. The van der Waals surface area contributed by atoms with E-state index in [1.165, 1.54) is 27.5 Å². The van der Waals surface area contributed by atoms with E-state index in [9.17, 15) is 9.59 Å². The molecule has 0 unspecified atom stereocenters. The molecule has 2 aromatic heterocycles. The quantitative estimate of drug-likeness (QED) is 0.565. The number of esters is 1. The average Bonchev–Trinajstić information content (AvgIpc) is 3.08. The van der Waals surface area contributed by atoms with Crippen LogP contribution >= 0.6 is 11.3 Å². The zero-order chi connectivity index (χ0) is 20.3. The Morgan fingerprint density at radius 1 is 1.29 bits per heavy atom. The third-order valence-electron chi connectivity index (χ3n) is 4.24. The van der Waals surface area contributed by atoms with Gasteiger partial charge >= 0.3 is 5.97 Å². The van der Waals surface area contributed by atoms with Crippen molar-refractivity contribution >= 4 is 22.3 Å². The summed E-state index contributed by atoms with van der Waals surface area (Å²) in [6, 6.07) is 7.09. The second-order valence-electron chi connectivity index (χ2n) is 6.75. The van der Waals surface area contributed by atoms with E-state index in [2.05, 4.69) is 23.9 Å². The molecule has 0 N–H and O–H groups in total. The lowest BCUT2D eigenvalue weighted by Crippen LogP contribution is -2.18. The first-order chi connectivity index (χ1) is 13.4. The lowest BCUT2D eigenvalue weighted by atomic mass is 9.98. The van der Waals surface area contributed by atoms with Gasteiger partial charge in [-0.1, -0.05) is 38.2 Å². The SMILES string of the molecule is CCc1nn2c(=O)cc(COC(=O)COc3ccc(C(C)C)c(C)c3)nc2s1. The van der Waals surface area contributed by atoms with Crippen molar-refractivity contribution in [3.8, 4) is 5.75 Å². The predicted octanol–water partition coefficient (Wildman–Crippen LogP) is 3.27. The molecule has 0 saturated heterocycles. The maximum Gasteiger partial charge on any atom is 0.344 e. The molecule has 3 aromatic rings. The van der Waals surface area contributed by atoms with Crippen molar-refractivity contribution in [3.05, 3.63) is 56.4 Å². The molecule has 1 aromatic carbocycles. The van der Waals surface area contributed by atoms with Crippen molar-refractivity contribution in [2.45, 2.75) is 46.6 Å². The van der Waals surface area contributed by atoms with Gasteiger partial charge in [-0.05, 0) is 42.5 Å². The molecule has 0 spiro atoms. The predicted molar refractivity (Wildman–Crippen MR) is 107 cm³/mol. The lowest BCUT2D eigenvalue weighted by Gasteiger charge is -2.12. The molecule has 28 heavy (non-hydrogen) atoms. The zero-order valence-corrected chi connectivity index (χ0v) is 17.2. The fourth-order valence-electron chi connectivity index (χ4n) is 2.84. The van der Waals surface area contributed by atoms with Gasteiger partial charge in [0.2, 0.25) is 4.96 Å². The first-order valence-electron chi connectivity index (χ1n) is 9.15. The molecule has 8 heteroatoms. The summed E-state index contributed by atoms with van der Waals surface area (Å²) >= 11 is 1.35. The molecule has 148 valence electrons. The molecule has 3 rings (SSSR count). The van der Waals surface area contributed by atoms with Gasteiger partial charge in [0.25, 0.3) is 5.56 Å². The smallest absolute Gasteiger partial charge is 0.344 e. The molecule has 0 aliphatic heterocycles. The molecule has 0 bridgehead atoms. The highest BCUT2D eigenvalue weighted by atomic mass is 32.1. The van der Waals surface area contributed by atoms with Crippen LogP contribution in [0, 0.1) is 6.92 Å². The first-order valence-corrected chi connectivity index (χ1v) is 9.96. The van der Waals surface area contributed by atoms with Crippen molar-refractivity contribution in [1.29, 1.82) is 0 Å². The molecular formula is C20H23N3O4S. The molecule has 0 radical (unpaired) electrons. The Morgan fingerprint density at radius 2 is 2.07 bits per heavy atom. The Morgan fingerprint density at radius 3 is 2.75 bits per heavy atom. The van der Waals surface area contributed by atoms with E-state index in [1.54, 1.807) is 0 Å². The summed E-state index contributed by atoms with van der Waals surface area (Å²) in [7, 11) is 0. The summed E-state index contributed by atoms with van der Waals surface area (Å²) in [5.74, 6) is 0.527. The fraction of sp³-hybridized carbons (Fsp3) is 0.400. The van der Waals surface area contributed by atoms with Crippen molar-refractivity contribution in [2.75, 3.05) is 6.61 Å². The van der Waals surface area contributed by atoms with E-state index in [-0.39, 0.29) is 18.8 Å². The Hall–Kier alpha value is -2.74. The van der Waals surface area contributed by atoms with Gasteiger partial charge < -0.3 is 9.47 Å². The average molecular weight is 401 g/mol. The van der Waals surface area contributed by atoms with Crippen LogP contribution in [0.2, 0.25) is 0 Å². The van der Waals surface area contributed by atoms with Crippen LogP contribution in [-0.4, -0.2) is 27.2 Å². The number of fused-ring (bicyclic) bond motifs is 1. The van der Waals surface area contributed by atoms with E-state index in [0.717, 1.165) is 17.0 Å². The molecule has 0 amide bonds. The van der Waals surface area contributed by atoms with Crippen molar-refractivity contribution in [2.24, 2.45) is 0 Å². The minimum absolute atomic E-state index is 0.0847. The molecular weight excluding hydrogens is 378 g/mol. The van der Waals surface area contributed by atoms with Crippen LogP contribution in [0.5, 0.6) is 5.75 Å². The topological polar surface area (TPSA) is 82.8 Å². The Kier molecular flexibility index (Phi) is 6.08. The lowest BCUT2D eigenvalue weighted by molar-refractivity contribution is -0.147. The molecule has 0 atom stereocenters. The number of ether oxygens (including phenoxy) is 2. The normalized spacial score (nSPS) is 11.2. The minimum atomic E-state index is -0.522. The second-order valence-corrected chi connectivity index (χ2v) is 7.79. The number of nitrogens with zero attached hydrogens (tertiary/aromatic N) is 3. The van der Waals surface area contributed by atoms with Gasteiger partial charge in [0.1, 0.15) is 17.4 Å². The van der Waals surface area contributed by atoms with Crippen LogP contribution in [0.15, 0.2) is 29.1 Å². The third kappa shape index (κ3) is 4.56. The molecule has 0 fully saturated rings. The Labute approximate surface area is 166 Å². The standard InChI is InChI=1S/C20H23N3O4S/c1-5-17-22-23-18(24)9-14(21-20(23)28-17)10-27-19(25)11-26-15-6-7-16(12(2)3)13(4)8-15/h6-9,12H,5,10-11H2,1-4H3. The summed E-state index contributed by atoms with van der Waals surface area (Å²) in [4.78, 5) is 28.9. The number of carbonyl (C=O) groups is 1. The first kappa shape index (κ1) is 20.0. The van der Waals surface area contributed by atoms with E-state index >= 15 is 0 Å². The van der Waals surface area contributed by atoms with Crippen LogP contribution in [-0.2, 0) is 22.6 Å². The van der Waals surface area contributed by atoms with Gasteiger partial charge in [-0.3, -0.25) is 4.79 Å². The van der Waals surface area contributed by atoms with Gasteiger partial charge in [0, 0.05) is 6.07 Å². The minimum Gasteiger partial charge on any atom is -0.482 e. The largest absolute Gasteiger partial charge is 0.482 e. The number of carbonyl (C=O) groups excluding carboxylic acids is 1. The Bertz CT molecular complexity index is 1060. The van der Waals surface area contributed by atoms with Crippen LogP contribution in [0.1, 0.15) is 48.5 Å². The summed E-state index contributed by atoms with van der Waals surface area (Å²) in [6.07, 6.45) is 0.729. The fourth-order valence-corrected chi connectivity index (χ4v) is 3.69. The highest BCUT2D eigenvalue weighted by Crippen LogP contribution is 2.23. The number of rotatable bonds is 7. The molecule has 0 saturated carbocycles. The maximum absolute atomic E-state index is 12.1. The van der Waals surface area contributed by atoms with Crippen LogP contribution in [0.3, 0.4) is 0 Å². The summed E-state index contributed by atoms with van der Waals surface area (Å²) < 4.78 is 12.0. The van der Waals surface area contributed by atoms with E-state index in [4.69, 9.17) is 9.47 Å². The van der Waals surface area contributed by atoms with Crippen molar-refractivity contribution < 1.29 is 14.3 Å². The van der Waals surface area contributed by atoms with E-state index in [0.29, 0.717) is 22.3 Å². The highest BCUT2D eigenvalue weighted by Gasteiger charge is 2.11. The zero-order valence-electron chi connectivity index (χ0n) is 16.4. The number of aromatic nitrogens is 3. The second kappa shape index (κ2) is 8.52. The van der Waals surface area contributed by atoms with Gasteiger partial charge in [0.15, 0.2) is 6.61 Å². The molecule has 0 aliphatic rings. The van der Waals surface area contributed by atoms with Gasteiger partial charge in [-0.2, -0.15) is 9.61 Å². The summed E-state index contributed by atoms with van der Waals surface area (Å²) in [5.41, 5.74) is 2.47. The number of hydrogen-bond donors (Lipinski definition) is 0. The third-order valence-corrected chi connectivity index (χ3v) is 5.30. The molecule has 7 nitrogen and oxygen atoms in total. The summed E-state index contributed by atoms with van der Waals surface area (Å²) in [6.45, 7) is 7.95. The number of hydrogen-bond acceptors (Lipinski definition) is 7. The monoisotopic (exact) mass is 401 g/mol. The van der Waals surface area contributed by atoms with Crippen molar-refractivity contribution in [1.82, 2.24) is 14.6 Å². The van der Waals surface area contributed by atoms with Crippen LogP contribution in [0.4, 0.5) is 0 Å². The molecule has 0 aliphatic carbocycles. The number of aryl methyl sites for hydroxylation is 2. The summed E-state index contributed by atoms with van der Waals surface area (Å²) in [5, 5.41) is 5.01. The van der Waals surface area contributed by atoms with Gasteiger partial charge in [0.05, 0.1) is 5.69 Å². The highest BCUT2D eigenvalue weighted by molar-refractivity contribution is 7.16. The Balaban J connectivity index is 1.58.